The first-order chi connectivity index (χ1) is 17.0. The Hall–Kier alpha value is -2.99. The lowest BCUT2D eigenvalue weighted by Gasteiger charge is -2.36. The molecule has 1 unspecified atom stereocenters. The highest BCUT2D eigenvalue weighted by atomic mass is 32.2. The number of carboxylic acids is 1. The van der Waals surface area contributed by atoms with Gasteiger partial charge in [-0.2, -0.15) is 0 Å². The maximum absolute atomic E-state index is 13.3. The van der Waals surface area contributed by atoms with Crippen molar-refractivity contribution >= 4 is 35.5 Å². The molecular formula is C24H31N3O8S. The Kier molecular flexibility index (Phi) is 7.65. The molecule has 0 spiro atoms. The lowest BCUT2D eigenvalue weighted by molar-refractivity contribution is -0.165. The van der Waals surface area contributed by atoms with Gasteiger partial charge in [0.1, 0.15) is 18.0 Å². The molecule has 1 aromatic carbocycles. The van der Waals surface area contributed by atoms with Crippen LogP contribution in [-0.4, -0.2) is 82.0 Å². The van der Waals surface area contributed by atoms with Gasteiger partial charge >= 0.3 is 11.9 Å². The van der Waals surface area contributed by atoms with Gasteiger partial charge in [0.15, 0.2) is 11.5 Å². The Morgan fingerprint density at radius 1 is 1.25 bits per heavy atom. The highest BCUT2D eigenvalue weighted by molar-refractivity contribution is 8.00. The second-order valence-electron chi connectivity index (χ2n) is 10.00. The van der Waals surface area contributed by atoms with E-state index in [0.717, 1.165) is 17.3 Å². The average molecular weight is 522 g/mol. The first-order valence-electron chi connectivity index (χ1n) is 11.8. The van der Waals surface area contributed by atoms with Crippen molar-refractivity contribution in [3.8, 4) is 11.5 Å². The van der Waals surface area contributed by atoms with E-state index >= 15 is 0 Å². The fourth-order valence-electron chi connectivity index (χ4n) is 4.31. The van der Waals surface area contributed by atoms with Crippen LogP contribution in [0.25, 0.3) is 0 Å². The molecule has 36 heavy (non-hydrogen) atoms. The maximum atomic E-state index is 13.3. The van der Waals surface area contributed by atoms with E-state index in [1.807, 2.05) is 6.07 Å². The smallest absolute Gasteiger partial charge is 0.328 e. The summed E-state index contributed by atoms with van der Waals surface area (Å²) in [7, 11) is 0. The van der Waals surface area contributed by atoms with Crippen molar-refractivity contribution < 1.29 is 38.5 Å². The normalized spacial score (nSPS) is 22.2. The van der Waals surface area contributed by atoms with Crippen LogP contribution in [0.3, 0.4) is 0 Å². The van der Waals surface area contributed by atoms with Crippen LogP contribution in [0.15, 0.2) is 18.2 Å². The Labute approximate surface area is 213 Å². The molecule has 1 aromatic rings. The van der Waals surface area contributed by atoms with E-state index in [1.165, 1.54) is 5.01 Å². The van der Waals surface area contributed by atoms with E-state index < -0.39 is 40.5 Å². The third-order valence-corrected chi connectivity index (χ3v) is 7.27. The summed E-state index contributed by atoms with van der Waals surface area (Å²) in [6.07, 6.45) is 1.33. The number of thioether (sulfide) groups is 1. The number of nitrogens with one attached hydrogen (secondary N) is 1. The first kappa shape index (κ1) is 26.1. The predicted octanol–water partition coefficient (Wildman–Crippen LogP) is 1.40. The molecule has 0 radical (unpaired) electrons. The van der Waals surface area contributed by atoms with Crippen LogP contribution in [-0.2, 0) is 30.3 Å². The highest BCUT2D eigenvalue weighted by Crippen LogP contribution is 2.34. The predicted molar refractivity (Wildman–Crippen MR) is 129 cm³/mol. The third kappa shape index (κ3) is 5.70. The molecule has 3 heterocycles. The molecule has 12 heteroatoms. The SMILES string of the molecule is CC(C)(C)C(=O)OCS[C@@H](Cc1ccc2c(c1)OCO2)C(=O)NC1CN2CCC[C@@H](C(=O)O)N2C1=O. The minimum absolute atomic E-state index is 0.0311. The number of amides is 2. The molecule has 3 aliphatic rings. The van der Waals surface area contributed by atoms with E-state index in [0.29, 0.717) is 37.3 Å². The summed E-state index contributed by atoms with van der Waals surface area (Å²) in [5.74, 6) is -1.08. The quantitative estimate of drug-likeness (QED) is 0.382. The van der Waals surface area contributed by atoms with E-state index in [2.05, 4.69) is 5.32 Å². The van der Waals surface area contributed by atoms with Crippen molar-refractivity contribution in [1.29, 1.82) is 0 Å². The van der Waals surface area contributed by atoms with E-state index in [9.17, 15) is 24.3 Å². The standard InChI is InChI=1S/C24H31N3O8S/c1-24(2,3)23(32)35-13-36-19(10-14-6-7-17-18(9-14)34-12-33-17)20(28)25-15-11-26-8-4-5-16(22(30)31)27(26)21(15)29/h6-7,9,15-16,19H,4-5,8,10-13H2,1-3H3,(H,25,28)(H,30,31)/t15?,16-,19-/m0/s1. The maximum Gasteiger partial charge on any atom is 0.328 e. The molecule has 3 atom stereocenters. The summed E-state index contributed by atoms with van der Waals surface area (Å²) < 4.78 is 16.1. The molecule has 2 N–H and O–H groups in total. The zero-order valence-corrected chi connectivity index (χ0v) is 21.3. The number of aliphatic carboxylic acids is 1. The molecule has 11 nitrogen and oxygen atoms in total. The number of nitrogens with zero attached hydrogens (tertiary/aromatic N) is 2. The molecule has 0 saturated carbocycles. The summed E-state index contributed by atoms with van der Waals surface area (Å²) in [6.45, 7) is 6.15. The second kappa shape index (κ2) is 10.6. The number of benzene rings is 1. The van der Waals surface area contributed by atoms with Crippen LogP contribution in [0.2, 0.25) is 0 Å². The van der Waals surface area contributed by atoms with Crippen molar-refractivity contribution in [3.63, 3.8) is 0 Å². The molecule has 0 bridgehead atoms. The number of hydrogen-bond acceptors (Lipinski definition) is 9. The molecule has 2 amide bonds. The minimum Gasteiger partial charge on any atom is -0.480 e. The lowest BCUT2D eigenvalue weighted by atomic mass is 9.98. The zero-order chi connectivity index (χ0) is 26.0. The average Bonchev–Trinajstić information content (AvgIpc) is 3.41. The van der Waals surface area contributed by atoms with Gasteiger partial charge in [0.25, 0.3) is 5.91 Å². The van der Waals surface area contributed by atoms with Gasteiger partial charge in [0.2, 0.25) is 12.7 Å². The van der Waals surface area contributed by atoms with Crippen molar-refractivity contribution in [2.75, 3.05) is 25.8 Å². The van der Waals surface area contributed by atoms with Crippen LogP contribution in [0, 0.1) is 5.41 Å². The number of carbonyl (C=O) groups is 4. The molecule has 4 rings (SSSR count). The number of esters is 1. The Bertz CT molecular complexity index is 1040. The molecule has 196 valence electrons. The summed E-state index contributed by atoms with van der Waals surface area (Å²) in [5.41, 5.74) is 0.144. The number of ether oxygens (including phenoxy) is 3. The number of carbonyl (C=O) groups excluding carboxylic acids is 3. The fourth-order valence-corrected chi connectivity index (χ4v) is 5.18. The minimum atomic E-state index is -1.06. The van der Waals surface area contributed by atoms with Crippen LogP contribution in [0.5, 0.6) is 11.5 Å². The summed E-state index contributed by atoms with van der Waals surface area (Å²) >= 11 is 1.16. The second-order valence-corrected chi connectivity index (χ2v) is 11.1. The Morgan fingerprint density at radius 2 is 2.00 bits per heavy atom. The largest absolute Gasteiger partial charge is 0.480 e. The first-order valence-corrected chi connectivity index (χ1v) is 12.9. The van der Waals surface area contributed by atoms with Gasteiger partial charge in [0.05, 0.1) is 10.7 Å². The van der Waals surface area contributed by atoms with Gasteiger partial charge in [-0.25, -0.2) is 9.80 Å². The van der Waals surface area contributed by atoms with Crippen molar-refractivity contribution in [1.82, 2.24) is 15.3 Å². The number of rotatable bonds is 8. The molecule has 3 aliphatic heterocycles. The van der Waals surface area contributed by atoms with Crippen LogP contribution in [0.1, 0.15) is 39.2 Å². The lowest BCUT2D eigenvalue weighted by Crippen LogP contribution is -2.54. The monoisotopic (exact) mass is 521 g/mol. The van der Waals surface area contributed by atoms with Crippen molar-refractivity contribution in [2.24, 2.45) is 5.41 Å². The Balaban J connectivity index is 1.45. The molecule has 2 saturated heterocycles. The van der Waals surface area contributed by atoms with Gasteiger partial charge in [-0.1, -0.05) is 6.07 Å². The summed E-state index contributed by atoms with van der Waals surface area (Å²) in [5, 5.41) is 14.6. The Morgan fingerprint density at radius 3 is 2.72 bits per heavy atom. The van der Waals surface area contributed by atoms with Crippen molar-refractivity contribution in [2.45, 2.75) is 57.4 Å². The molecule has 0 aliphatic carbocycles. The molecule has 2 fully saturated rings. The zero-order valence-electron chi connectivity index (χ0n) is 20.5. The van der Waals surface area contributed by atoms with Gasteiger partial charge in [0, 0.05) is 13.1 Å². The van der Waals surface area contributed by atoms with E-state index in [1.54, 1.807) is 37.9 Å². The number of fused-ring (bicyclic) bond motifs is 2. The van der Waals surface area contributed by atoms with Gasteiger partial charge in [-0.05, 0) is 57.7 Å². The van der Waals surface area contributed by atoms with Crippen LogP contribution >= 0.6 is 11.8 Å². The topological polar surface area (TPSA) is 135 Å². The van der Waals surface area contributed by atoms with Gasteiger partial charge < -0.3 is 24.6 Å². The van der Waals surface area contributed by atoms with Crippen LogP contribution < -0.4 is 14.8 Å². The van der Waals surface area contributed by atoms with Crippen LogP contribution in [0.4, 0.5) is 0 Å². The molecular weight excluding hydrogens is 490 g/mol. The highest BCUT2D eigenvalue weighted by Gasteiger charge is 2.47. The van der Waals surface area contributed by atoms with Crippen molar-refractivity contribution in [3.05, 3.63) is 23.8 Å². The number of hydrogen-bond donors (Lipinski definition) is 2. The van der Waals surface area contributed by atoms with Gasteiger partial charge in [-0.15, -0.1) is 11.8 Å². The number of hydrazine groups is 1. The summed E-state index contributed by atoms with van der Waals surface area (Å²) in [6, 6.07) is 3.63. The summed E-state index contributed by atoms with van der Waals surface area (Å²) in [4.78, 5) is 50.2. The number of carboxylic acid groups (broad SMARTS) is 1. The molecule has 0 aromatic heterocycles. The van der Waals surface area contributed by atoms with Gasteiger partial charge in [-0.3, -0.25) is 19.4 Å². The fraction of sp³-hybridized carbons (Fsp3) is 0.583. The van der Waals surface area contributed by atoms with E-state index in [-0.39, 0.29) is 25.2 Å². The van der Waals surface area contributed by atoms with E-state index in [4.69, 9.17) is 14.2 Å². The third-order valence-electron chi connectivity index (χ3n) is 6.23.